The Bertz CT molecular complexity index is 816. The van der Waals surface area contributed by atoms with Crippen LogP contribution in [0.1, 0.15) is 29.9 Å². The maximum absolute atomic E-state index is 5.83. The second kappa shape index (κ2) is 7.31. The van der Waals surface area contributed by atoms with Crippen LogP contribution in [0.5, 0.6) is 0 Å². The molecule has 3 aromatic heterocycles. The number of nitrogens with zero attached hydrogens (tertiary/aromatic N) is 4. The van der Waals surface area contributed by atoms with Crippen molar-refractivity contribution in [1.82, 2.24) is 19.9 Å². The van der Waals surface area contributed by atoms with Gasteiger partial charge in [-0.25, -0.2) is 0 Å². The van der Waals surface area contributed by atoms with Gasteiger partial charge in [-0.3, -0.25) is 4.57 Å². The van der Waals surface area contributed by atoms with Crippen LogP contribution in [0.2, 0.25) is 0 Å². The van der Waals surface area contributed by atoms with E-state index in [9.17, 15) is 0 Å². The van der Waals surface area contributed by atoms with Crippen LogP contribution in [0.4, 0.5) is 0 Å². The number of thiophene rings is 1. The maximum atomic E-state index is 5.83. The maximum Gasteiger partial charge on any atom is 0.191 e. The topological polar surface area (TPSA) is 66.0 Å². The van der Waals surface area contributed by atoms with E-state index < -0.39 is 0 Å². The van der Waals surface area contributed by atoms with E-state index >= 15 is 0 Å². The molecule has 3 aromatic rings. The van der Waals surface area contributed by atoms with E-state index in [0.717, 1.165) is 64.6 Å². The first-order valence-corrected chi connectivity index (χ1v) is 10.2. The molecule has 1 saturated heterocycles. The number of ether oxygens (including phenoxy) is 1. The monoisotopic (exact) mass is 376 g/mol. The fourth-order valence-corrected chi connectivity index (χ4v) is 4.80. The molecule has 4 rings (SSSR count). The van der Waals surface area contributed by atoms with Crippen molar-refractivity contribution >= 4 is 23.1 Å². The largest absolute Gasteiger partial charge is 0.376 e. The van der Waals surface area contributed by atoms with Gasteiger partial charge in [0.25, 0.3) is 0 Å². The average Bonchev–Trinajstić information content (AvgIpc) is 3.37. The molecule has 6 nitrogen and oxygen atoms in total. The third kappa shape index (κ3) is 3.51. The molecular formula is C17H20N4O2S2. The summed E-state index contributed by atoms with van der Waals surface area (Å²) in [5.41, 5.74) is 2.07. The second-order valence-corrected chi connectivity index (χ2v) is 8.01. The first kappa shape index (κ1) is 16.8. The predicted molar refractivity (Wildman–Crippen MR) is 97.8 cm³/mol. The van der Waals surface area contributed by atoms with Crippen LogP contribution in [0.3, 0.4) is 0 Å². The molecule has 8 heteroatoms. The Morgan fingerprint density at radius 1 is 1.36 bits per heavy atom. The highest BCUT2D eigenvalue weighted by atomic mass is 32.2. The normalized spacial score (nSPS) is 17.4. The number of hydrogen-bond donors (Lipinski definition) is 0. The summed E-state index contributed by atoms with van der Waals surface area (Å²) in [6, 6.07) is 4.13. The summed E-state index contributed by atoms with van der Waals surface area (Å²) in [4.78, 5) is 1.13. The van der Waals surface area contributed by atoms with Gasteiger partial charge in [0.05, 0.1) is 23.2 Å². The van der Waals surface area contributed by atoms with Crippen molar-refractivity contribution in [3.63, 3.8) is 0 Å². The van der Waals surface area contributed by atoms with Crippen molar-refractivity contribution in [2.75, 3.05) is 6.61 Å². The second-order valence-electron chi connectivity index (χ2n) is 6.12. The zero-order valence-electron chi connectivity index (χ0n) is 14.3. The fraction of sp³-hybridized carbons (Fsp3) is 0.471. The van der Waals surface area contributed by atoms with Crippen LogP contribution in [0.25, 0.3) is 10.7 Å². The first-order valence-electron chi connectivity index (χ1n) is 8.35. The van der Waals surface area contributed by atoms with Crippen molar-refractivity contribution in [2.24, 2.45) is 0 Å². The molecule has 132 valence electrons. The Kier molecular flexibility index (Phi) is 4.91. The zero-order chi connectivity index (χ0) is 17.2. The number of aromatic nitrogens is 4. The van der Waals surface area contributed by atoms with Crippen LogP contribution in [-0.4, -0.2) is 32.6 Å². The highest BCUT2D eigenvalue weighted by Crippen LogP contribution is 2.31. The molecule has 1 atom stereocenters. The summed E-state index contributed by atoms with van der Waals surface area (Å²) in [6.45, 7) is 5.57. The van der Waals surface area contributed by atoms with E-state index in [-0.39, 0.29) is 6.10 Å². The van der Waals surface area contributed by atoms with Crippen LogP contribution in [-0.2, 0) is 17.0 Å². The molecule has 1 fully saturated rings. The predicted octanol–water partition coefficient (Wildman–Crippen LogP) is 4.08. The van der Waals surface area contributed by atoms with Crippen molar-refractivity contribution in [1.29, 1.82) is 0 Å². The summed E-state index contributed by atoms with van der Waals surface area (Å²) >= 11 is 3.36. The van der Waals surface area contributed by atoms with Gasteiger partial charge >= 0.3 is 0 Å². The molecule has 0 aliphatic carbocycles. The average molecular weight is 377 g/mol. The van der Waals surface area contributed by atoms with Crippen LogP contribution in [0.15, 0.2) is 27.2 Å². The van der Waals surface area contributed by atoms with Gasteiger partial charge in [0.1, 0.15) is 5.76 Å². The molecule has 4 heterocycles. The van der Waals surface area contributed by atoms with Crippen molar-refractivity contribution in [3.8, 4) is 10.7 Å². The van der Waals surface area contributed by atoms with E-state index in [1.54, 1.807) is 23.1 Å². The van der Waals surface area contributed by atoms with Gasteiger partial charge in [0.15, 0.2) is 11.0 Å². The number of rotatable bonds is 6. The van der Waals surface area contributed by atoms with Gasteiger partial charge in [-0.05, 0) is 38.1 Å². The lowest BCUT2D eigenvalue weighted by atomic mass is 10.2. The lowest BCUT2D eigenvalue weighted by Crippen LogP contribution is -2.16. The summed E-state index contributed by atoms with van der Waals surface area (Å²) < 4.78 is 13.3. The van der Waals surface area contributed by atoms with E-state index in [0.29, 0.717) is 0 Å². The van der Waals surface area contributed by atoms with E-state index in [1.165, 1.54) is 0 Å². The van der Waals surface area contributed by atoms with Gasteiger partial charge < -0.3 is 9.26 Å². The Balaban J connectivity index is 1.60. The number of hydrogen-bond acceptors (Lipinski definition) is 7. The Morgan fingerprint density at radius 2 is 2.28 bits per heavy atom. The first-order chi connectivity index (χ1) is 12.2. The van der Waals surface area contributed by atoms with Crippen molar-refractivity contribution < 1.29 is 9.26 Å². The van der Waals surface area contributed by atoms with Gasteiger partial charge in [-0.15, -0.1) is 21.5 Å². The lowest BCUT2D eigenvalue weighted by molar-refractivity contribution is 0.0953. The quantitative estimate of drug-likeness (QED) is 0.604. The summed E-state index contributed by atoms with van der Waals surface area (Å²) in [5.74, 6) is 2.57. The van der Waals surface area contributed by atoms with Crippen molar-refractivity contribution in [2.45, 2.75) is 50.2 Å². The zero-order valence-corrected chi connectivity index (χ0v) is 15.9. The Labute approximate surface area is 154 Å². The molecule has 1 aliphatic heterocycles. The molecule has 0 spiro atoms. The van der Waals surface area contributed by atoms with E-state index in [2.05, 4.69) is 31.4 Å². The van der Waals surface area contributed by atoms with E-state index in [1.807, 2.05) is 19.9 Å². The molecular weight excluding hydrogens is 356 g/mol. The third-order valence-electron chi connectivity index (χ3n) is 4.40. The number of thioether (sulfide) groups is 1. The molecule has 1 unspecified atom stereocenters. The molecule has 0 radical (unpaired) electrons. The molecule has 0 amide bonds. The van der Waals surface area contributed by atoms with Gasteiger partial charge in [0, 0.05) is 17.9 Å². The number of aryl methyl sites for hydroxylation is 2. The summed E-state index contributed by atoms with van der Waals surface area (Å²) in [7, 11) is 0. The van der Waals surface area contributed by atoms with Gasteiger partial charge in [-0.1, -0.05) is 23.0 Å². The molecule has 1 aliphatic rings. The minimum atomic E-state index is 0.244. The Hall–Kier alpha value is -1.64. The molecule has 0 aromatic carbocycles. The molecule has 0 saturated carbocycles. The third-order valence-corrected chi connectivity index (χ3v) is 6.25. The summed E-state index contributed by atoms with van der Waals surface area (Å²) in [6.07, 6.45) is 2.46. The molecule has 0 bridgehead atoms. The van der Waals surface area contributed by atoms with E-state index in [4.69, 9.17) is 9.26 Å². The minimum absolute atomic E-state index is 0.244. The lowest BCUT2D eigenvalue weighted by Gasteiger charge is -2.14. The molecule has 25 heavy (non-hydrogen) atoms. The van der Waals surface area contributed by atoms with Gasteiger partial charge in [-0.2, -0.15) is 0 Å². The SMILES string of the molecule is Cc1noc(C)c1CSc1nnc(-c2cccs2)n1CC1CCCO1. The molecule has 0 N–H and O–H groups in total. The Morgan fingerprint density at radius 3 is 2.96 bits per heavy atom. The summed E-state index contributed by atoms with van der Waals surface area (Å²) in [5, 5.41) is 15.9. The van der Waals surface area contributed by atoms with Gasteiger partial charge in [0.2, 0.25) is 0 Å². The minimum Gasteiger partial charge on any atom is -0.376 e. The standard InChI is InChI=1S/C17H20N4O2S2/c1-11-14(12(2)23-20-11)10-25-17-19-18-16(15-6-4-8-24-15)21(17)9-13-5-3-7-22-13/h4,6,8,13H,3,5,7,9-10H2,1-2H3. The highest BCUT2D eigenvalue weighted by molar-refractivity contribution is 7.98. The van der Waals surface area contributed by atoms with Crippen LogP contribution in [0, 0.1) is 13.8 Å². The smallest absolute Gasteiger partial charge is 0.191 e. The van der Waals surface area contributed by atoms with Crippen LogP contribution < -0.4 is 0 Å². The fourth-order valence-electron chi connectivity index (χ4n) is 2.98. The highest BCUT2D eigenvalue weighted by Gasteiger charge is 2.22. The van der Waals surface area contributed by atoms with Crippen molar-refractivity contribution in [3.05, 3.63) is 34.5 Å². The van der Waals surface area contributed by atoms with Crippen LogP contribution >= 0.6 is 23.1 Å².